The van der Waals surface area contributed by atoms with Crippen LogP contribution in [0.5, 0.6) is 0 Å². The first-order valence-corrected chi connectivity index (χ1v) is 7.08. The van der Waals surface area contributed by atoms with Crippen LogP contribution < -0.4 is 5.32 Å². The molecule has 1 aromatic carbocycles. The number of nitrogens with one attached hydrogen (secondary N) is 1. The average molecular weight is 350 g/mol. The Morgan fingerprint density at radius 2 is 2.09 bits per heavy atom. The number of cyclic esters (lactones) is 1. The molecule has 1 N–H and O–H groups in total. The molecule has 0 spiro atoms. The molecule has 0 aromatic heterocycles. The molecule has 1 heterocycles. The minimum Gasteiger partial charge on any atom is -0.415 e. The van der Waals surface area contributed by atoms with Crippen molar-refractivity contribution in [3.05, 3.63) is 28.8 Å². The van der Waals surface area contributed by atoms with Gasteiger partial charge in [-0.1, -0.05) is 17.5 Å². The molecule has 3 atom stereocenters. The third-order valence-electron chi connectivity index (χ3n) is 3.39. The van der Waals surface area contributed by atoms with Crippen LogP contribution in [0.3, 0.4) is 0 Å². The number of carbonyl (C=O) groups excluding carboxylic acids is 1. The minimum atomic E-state index is -4.92. The summed E-state index contributed by atoms with van der Waals surface area (Å²) in [5, 5.41) is 2.02. The number of alkyl halides is 4. The molecule has 1 fully saturated rings. The zero-order chi connectivity index (χ0) is 16.1. The summed E-state index contributed by atoms with van der Waals surface area (Å²) in [6, 6.07) is 3.74. The number of hydrogen-bond acceptors (Lipinski definition) is 2. The Morgan fingerprint density at radius 1 is 1.41 bits per heavy atom. The lowest BCUT2D eigenvalue weighted by atomic mass is 9.90. The zero-order valence-corrected chi connectivity index (χ0v) is 12.3. The molecule has 116 valence electrons. The van der Waals surface area contributed by atoms with Crippen LogP contribution in [0.1, 0.15) is 12.0 Å². The zero-order valence-electron chi connectivity index (χ0n) is 10.8. The van der Waals surface area contributed by atoms with Crippen molar-refractivity contribution in [2.75, 3.05) is 5.32 Å². The lowest BCUT2D eigenvalue weighted by Crippen LogP contribution is -2.49. The van der Waals surface area contributed by atoms with E-state index < -0.39 is 17.9 Å². The van der Waals surface area contributed by atoms with Crippen LogP contribution in [0.2, 0.25) is 5.02 Å². The van der Waals surface area contributed by atoms with E-state index in [1.54, 1.807) is 0 Å². The minimum absolute atomic E-state index is 0.0366. The van der Waals surface area contributed by atoms with Crippen molar-refractivity contribution in [1.82, 2.24) is 0 Å². The number of hydrogen-bond donors (Lipinski definition) is 1. The van der Waals surface area contributed by atoms with Gasteiger partial charge in [-0.2, -0.15) is 13.2 Å². The normalized spacial score (nSPS) is 29.6. The van der Waals surface area contributed by atoms with Gasteiger partial charge in [0.05, 0.1) is 5.69 Å². The maximum atomic E-state index is 13.7. The lowest BCUT2D eigenvalue weighted by molar-refractivity contribution is -0.239. The Morgan fingerprint density at radius 3 is 2.68 bits per heavy atom. The van der Waals surface area contributed by atoms with Gasteiger partial charge in [0.25, 0.3) is 5.60 Å². The van der Waals surface area contributed by atoms with Gasteiger partial charge in [-0.15, -0.1) is 11.6 Å². The third-order valence-corrected chi connectivity index (χ3v) is 4.11. The van der Waals surface area contributed by atoms with Crippen molar-refractivity contribution >= 4 is 35.0 Å². The standard InChI is InChI=1S/C14H8Cl2F3NO2/c15-8-1-2-11-9(6-8)13(14(17,18)19,22-12(21)20-11)4-3-7-5-10(7)16/h1-2,6-7,10H,5H2,(H,20,21)/t7-,10+,13-/m1/s1. The van der Waals surface area contributed by atoms with Crippen LogP contribution in [0.15, 0.2) is 18.2 Å². The largest absolute Gasteiger partial charge is 0.445 e. The van der Waals surface area contributed by atoms with Gasteiger partial charge in [0, 0.05) is 21.9 Å². The summed E-state index contributed by atoms with van der Waals surface area (Å²) in [6.45, 7) is 0. The maximum Gasteiger partial charge on any atom is 0.445 e. The first-order valence-electron chi connectivity index (χ1n) is 6.26. The molecule has 0 saturated heterocycles. The molecule has 0 radical (unpaired) electrons. The van der Waals surface area contributed by atoms with Crippen LogP contribution in [-0.4, -0.2) is 17.6 Å². The highest BCUT2D eigenvalue weighted by atomic mass is 35.5. The fourth-order valence-electron chi connectivity index (χ4n) is 2.13. The van der Waals surface area contributed by atoms with E-state index in [4.69, 9.17) is 23.2 Å². The summed E-state index contributed by atoms with van der Waals surface area (Å²) in [7, 11) is 0. The molecule has 0 unspecified atom stereocenters. The van der Waals surface area contributed by atoms with Gasteiger partial charge < -0.3 is 4.74 Å². The molecule has 3 nitrogen and oxygen atoms in total. The van der Waals surface area contributed by atoms with Crippen molar-refractivity contribution in [2.45, 2.75) is 23.6 Å². The SMILES string of the molecule is O=C1Nc2ccc(Cl)cc2[C@](C#C[C@@H]2C[C@@H]2Cl)(C(F)(F)F)O1. The molecule has 2 aliphatic rings. The summed E-state index contributed by atoms with van der Waals surface area (Å²) in [4.78, 5) is 11.5. The molecule has 8 heteroatoms. The maximum absolute atomic E-state index is 13.7. The predicted octanol–water partition coefficient (Wildman–Crippen LogP) is 4.29. The quantitative estimate of drug-likeness (QED) is 0.560. The van der Waals surface area contributed by atoms with Crippen LogP contribution in [0.25, 0.3) is 0 Å². The number of carbonyl (C=O) groups is 1. The van der Waals surface area contributed by atoms with Gasteiger partial charge in [0.1, 0.15) is 0 Å². The Hall–Kier alpha value is -1.58. The van der Waals surface area contributed by atoms with E-state index in [0.29, 0.717) is 6.42 Å². The van der Waals surface area contributed by atoms with Gasteiger partial charge in [-0.3, -0.25) is 5.32 Å². The fraction of sp³-hybridized carbons (Fsp3) is 0.357. The van der Waals surface area contributed by atoms with Crippen LogP contribution in [-0.2, 0) is 10.3 Å². The van der Waals surface area contributed by atoms with E-state index in [-0.39, 0.29) is 27.6 Å². The first-order chi connectivity index (χ1) is 10.2. The van der Waals surface area contributed by atoms with Crippen molar-refractivity contribution < 1.29 is 22.7 Å². The van der Waals surface area contributed by atoms with Crippen molar-refractivity contribution in [3.8, 4) is 11.8 Å². The van der Waals surface area contributed by atoms with Gasteiger partial charge in [-0.05, 0) is 30.5 Å². The number of ether oxygens (including phenoxy) is 1. The van der Waals surface area contributed by atoms with E-state index in [2.05, 4.69) is 21.9 Å². The number of halogens is 5. The highest BCUT2D eigenvalue weighted by Gasteiger charge is 2.62. The monoisotopic (exact) mass is 349 g/mol. The molecule has 22 heavy (non-hydrogen) atoms. The van der Waals surface area contributed by atoms with Gasteiger partial charge >= 0.3 is 12.3 Å². The first kappa shape index (κ1) is 15.3. The third kappa shape index (κ3) is 2.49. The Kier molecular flexibility index (Phi) is 3.46. The van der Waals surface area contributed by atoms with Crippen LogP contribution in [0, 0.1) is 17.8 Å². The molecular weight excluding hydrogens is 342 g/mol. The second-order valence-electron chi connectivity index (χ2n) is 5.01. The fourth-order valence-corrected chi connectivity index (χ4v) is 2.56. The number of anilines is 1. The molecule has 1 aliphatic heterocycles. The van der Waals surface area contributed by atoms with Gasteiger partial charge in [0.2, 0.25) is 0 Å². The highest BCUT2D eigenvalue weighted by Crippen LogP contribution is 2.48. The topological polar surface area (TPSA) is 38.3 Å². The summed E-state index contributed by atoms with van der Waals surface area (Å²) in [5.74, 6) is 4.20. The predicted molar refractivity (Wildman–Crippen MR) is 74.8 cm³/mol. The summed E-state index contributed by atoms with van der Waals surface area (Å²) in [5.41, 5.74) is -3.42. The lowest BCUT2D eigenvalue weighted by Gasteiger charge is -2.35. The van der Waals surface area contributed by atoms with E-state index in [9.17, 15) is 18.0 Å². The van der Waals surface area contributed by atoms with Crippen molar-refractivity contribution in [2.24, 2.45) is 5.92 Å². The highest BCUT2D eigenvalue weighted by molar-refractivity contribution is 6.30. The van der Waals surface area contributed by atoms with E-state index in [0.717, 1.165) is 6.07 Å². The second kappa shape index (κ2) is 4.97. The number of amides is 1. The molecule has 1 amide bonds. The molecule has 1 aliphatic carbocycles. The average Bonchev–Trinajstić information content (AvgIpc) is 3.11. The summed E-state index contributed by atoms with van der Waals surface area (Å²) >= 11 is 11.5. The van der Waals surface area contributed by atoms with Crippen molar-refractivity contribution in [1.29, 1.82) is 0 Å². The van der Waals surface area contributed by atoms with Crippen LogP contribution >= 0.6 is 23.2 Å². The Labute approximate surface area is 133 Å². The number of fused-ring (bicyclic) bond motifs is 1. The van der Waals surface area contributed by atoms with E-state index >= 15 is 0 Å². The van der Waals surface area contributed by atoms with E-state index in [1.807, 2.05) is 0 Å². The Bertz CT molecular complexity index is 710. The molecule has 1 aromatic rings. The molecule has 1 saturated carbocycles. The smallest absolute Gasteiger partial charge is 0.415 e. The number of benzene rings is 1. The summed E-state index contributed by atoms with van der Waals surface area (Å²) in [6.07, 6.45) is -5.63. The second-order valence-corrected chi connectivity index (χ2v) is 6.01. The molecular formula is C14H8Cl2F3NO2. The Balaban J connectivity index is 2.18. The number of rotatable bonds is 0. The van der Waals surface area contributed by atoms with Gasteiger partial charge in [-0.25, -0.2) is 4.79 Å². The van der Waals surface area contributed by atoms with Gasteiger partial charge in [0.15, 0.2) is 0 Å². The summed E-state index contributed by atoms with van der Waals surface area (Å²) < 4.78 is 45.6. The van der Waals surface area contributed by atoms with Crippen molar-refractivity contribution in [3.63, 3.8) is 0 Å². The van der Waals surface area contributed by atoms with Crippen LogP contribution in [0.4, 0.5) is 23.7 Å². The molecule has 0 bridgehead atoms. The molecule has 3 rings (SSSR count). The van der Waals surface area contributed by atoms with E-state index in [1.165, 1.54) is 12.1 Å².